The summed E-state index contributed by atoms with van der Waals surface area (Å²) in [6, 6.07) is 6.81. The number of anilines is 1. The maximum absolute atomic E-state index is 11.8. The maximum Gasteiger partial charge on any atom is 0.319 e. The second-order valence-corrected chi connectivity index (χ2v) is 4.49. The molecule has 19 heavy (non-hydrogen) atoms. The third kappa shape index (κ3) is 5.06. The smallest absolute Gasteiger partial charge is 0.319 e. The molecule has 1 aromatic carbocycles. The van der Waals surface area contributed by atoms with Crippen molar-refractivity contribution >= 4 is 24.3 Å². The van der Waals surface area contributed by atoms with E-state index in [2.05, 4.69) is 36.4 Å². The summed E-state index contributed by atoms with van der Waals surface area (Å²) >= 11 is 4.18. The van der Waals surface area contributed by atoms with Crippen molar-refractivity contribution in [3.8, 4) is 0 Å². The molecule has 0 aliphatic heterocycles. The van der Waals surface area contributed by atoms with Gasteiger partial charge in [-0.2, -0.15) is 0 Å². The number of thiol groups is 1. The third-order valence-corrected chi connectivity index (χ3v) is 2.82. The van der Waals surface area contributed by atoms with Crippen molar-refractivity contribution in [1.82, 2.24) is 5.32 Å². The Hall–Kier alpha value is -1.94. The van der Waals surface area contributed by atoms with Crippen LogP contribution in [0.3, 0.4) is 0 Å². The van der Waals surface area contributed by atoms with E-state index in [4.69, 9.17) is 0 Å². The number of allylic oxidation sites excluding steroid dienone is 2. The van der Waals surface area contributed by atoms with E-state index < -0.39 is 0 Å². The molecule has 1 aromatic rings. The molecule has 0 radical (unpaired) electrons. The van der Waals surface area contributed by atoms with Crippen LogP contribution in [0.2, 0.25) is 0 Å². The average molecular weight is 278 g/mol. The summed E-state index contributed by atoms with van der Waals surface area (Å²) in [6.07, 6.45) is 5.18. The van der Waals surface area contributed by atoms with Gasteiger partial charge in [0, 0.05) is 13.4 Å². The molecule has 0 aromatic heterocycles. The Morgan fingerprint density at radius 1 is 1.37 bits per heavy atom. The minimum Gasteiger partial charge on any atom is -0.331 e. The molecule has 2 amide bonds. The van der Waals surface area contributed by atoms with Crippen LogP contribution in [0.4, 0.5) is 10.5 Å². The summed E-state index contributed by atoms with van der Waals surface area (Å²) in [4.78, 5) is 12.7. The van der Waals surface area contributed by atoms with Crippen molar-refractivity contribution in [2.75, 3.05) is 5.32 Å². The highest BCUT2D eigenvalue weighted by Crippen LogP contribution is 2.12. The first-order valence-corrected chi connectivity index (χ1v) is 6.33. The van der Waals surface area contributed by atoms with Crippen LogP contribution in [0.15, 0.2) is 66.1 Å². The van der Waals surface area contributed by atoms with Crippen molar-refractivity contribution < 1.29 is 7.65 Å². The molecule has 0 heterocycles. The van der Waals surface area contributed by atoms with Gasteiger partial charge in [-0.15, -0.1) is 12.6 Å². The fourth-order valence-electron chi connectivity index (χ4n) is 1.52. The first-order valence-electron chi connectivity index (χ1n) is 5.88. The van der Waals surface area contributed by atoms with E-state index in [0.29, 0.717) is 0 Å². The van der Waals surface area contributed by atoms with E-state index in [-0.39, 0.29) is 14.9 Å². The van der Waals surface area contributed by atoms with E-state index in [1.165, 1.54) is 0 Å². The largest absolute Gasteiger partial charge is 0.331 e. The lowest BCUT2D eigenvalue weighted by Crippen LogP contribution is -2.36. The van der Waals surface area contributed by atoms with Gasteiger partial charge in [0.05, 0.1) is 6.04 Å². The van der Waals surface area contributed by atoms with Crippen LogP contribution in [0, 0.1) is 0 Å². The summed E-state index contributed by atoms with van der Waals surface area (Å²) in [6.45, 7) is 9.21. The lowest BCUT2D eigenvalue weighted by Gasteiger charge is -2.15. The zero-order valence-electron chi connectivity index (χ0n) is 10.9. The Morgan fingerprint density at radius 2 is 2.00 bits per heavy atom. The van der Waals surface area contributed by atoms with Crippen molar-refractivity contribution in [3.05, 3.63) is 61.2 Å². The molecule has 0 fully saturated rings. The van der Waals surface area contributed by atoms with Gasteiger partial charge in [0.1, 0.15) is 0 Å². The first kappa shape index (κ1) is 15.1. The second kappa shape index (κ2) is 7.48. The number of nitrogens with one attached hydrogen (secondary N) is 2. The number of urea groups is 1. The fraction of sp³-hybridized carbons (Fsp3) is 0.133. The summed E-state index contributed by atoms with van der Waals surface area (Å²) in [5.41, 5.74) is 1.62. The minimum absolute atomic E-state index is 0. The van der Waals surface area contributed by atoms with Crippen molar-refractivity contribution in [2.45, 2.75) is 17.9 Å². The number of amides is 2. The molecule has 3 nitrogen and oxygen atoms in total. The average Bonchev–Trinajstić information content (AvgIpc) is 2.38. The molecular weight excluding hydrogens is 256 g/mol. The van der Waals surface area contributed by atoms with Gasteiger partial charge in [-0.25, -0.2) is 4.79 Å². The Bertz CT molecular complexity index is 501. The van der Waals surface area contributed by atoms with Crippen LogP contribution in [0.25, 0.3) is 0 Å². The summed E-state index contributed by atoms with van der Waals surface area (Å²) in [7, 11) is 0. The molecule has 0 aliphatic rings. The molecule has 0 aliphatic carbocycles. The lowest BCUT2D eigenvalue weighted by atomic mass is 10.1. The van der Waals surface area contributed by atoms with Crippen LogP contribution >= 0.6 is 12.6 Å². The molecule has 0 saturated carbocycles. The highest BCUT2D eigenvalue weighted by molar-refractivity contribution is 7.80. The number of carbonyl (C=O) groups is 1. The number of hydrogen-bond donors (Lipinski definition) is 3. The first-order chi connectivity index (χ1) is 9.06. The van der Waals surface area contributed by atoms with Gasteiger partial charge in [-0.05, 0) is 36.8 Å². The molecular formula is C15H22N2OS. The van der Waals surface area contributed by atoms with Gasteiger partial charge in [0.25, 0.3) is 0 Å². The minimum atomic E-state index is -0.267. The Labute approximate surface area is 122 Å². The quantitative estimate of drug-likeness (QED) is 0.546. The summed E-state index contributed by atoms with van der Waals surface area (Å²) in [5, 5.41) is 5.57. The topological polar surface area (TPSA) is 41.1 Å². The van der Waals surface area contributed by atoms with E-state index in [1.807, 2.05) is 25.1 Å². The molecule has 0 unspecified atom stereocenters. The molecule has 2 N–H and O–H groups in total. The number of hydrogen-bond acceptors (Lipinski definition) is 2. The number of carbonyl (C=O) groups excluding carboxylic acids is 1. The van der Waals surface area contributed by atoms with E-state index in [1.54, 1.807) is 24.3 Å². The summed E-state index contributed by atoms with van der Waals surface area (Å²) in [5.74, 6) is 0. The van der Waals surface area contributed by atoms with E-state index in [0.717, 1.165) is 16.2 Å². The van der Waals surface area contributed by atoms with Crippen LogP contribution in [-0.2, 0) is 0 Å². The molecule has 1 rings (SSSR count). The standard InChI is InChI=1S/C15H18N2OS.2H2/c1-4-6-12(5-2)11(3)16-15(18)17-13-7-9-14(19)10-8-13;;/h4-11,19H,1-2H2,3H3,(H2,16,17,18);2*1H/b12-6+;;/t11-;;/m0../s1. The molecule has 104 valence electrons. The van der Waals surface area contributed by atoms with Gasteiger partial charge in [0.15, 0.2) is 0 Å². The SMILES string of the molecule is C=C/C=C(\C=C)[C@H](C)NC(=O)Nc1ccc(S)cc1.[HH].[HH]. The van der Waals surface area contributed by atoms with Gasteiger partial charge in [0.2, 0.25) is 0 Å². The Kier molecular flexibility index (Phi) is 5.96. The van der Waals surface area contributed by atoms with Crippen molar-refractivity contribution in [1.29, 1.82) is 0 Å². The number of benzene rings is 1. The van der Waals surface area contributed by atoms with Gasteiger partial charge < -0.3 is 10.6 Å². The Morgan fingerprint density at radius 3 is 2.53 bits per heavy atom. The third-order valence-electron chi connectivity index (χ3n) is 2.52. The number of rotatable bonds is 5. The van der Waals surface area contributed by atoms with Gasteiger partial charge in [-0.3, -0.25) is 0 Å². The predicted molar refractivity (Wildman–Crippen MR) is 88.0 cm³/mol. The van der Waals surface area contributed by atoms with Crippen molar-refractivity contribution in [2.24, 2.45) is 0 Å². The van der Waals surface area contributed by atoms with Crippen LogP contribution in [-0.4, -0.2) is 12.1 Å². The monoisotopic (exact) mass is 278 g/mol. The lowest BCUT2D eigenvalue weighted by molar-refractivity contribution is 0.250. The molecule has 0 bridgehead atoms. The molecule has 4 heteroatoms. The zero-order chi connectivity index (χ0) is 14.3. The molecule has 0 spiro atoms. The van der Waals surface area contributed by atoms with E-state index in [9.17, 15) is 4.79 Å². The van der Waals surface area contributed by atoms with Gasteiger partial charge >= 0.3 is 6.03 Å². The van der Waals surface area contributed by atoms with Crippen molar-refractivity contribution in [3.63, 3.8) is 0 Å². The van der Waals surface area contributed by atoms with Gasteiger partial charge in [-0.1, -0.05) is 31.4 Å². The molecule has 0 saturated heterocycles. The van der Waals surface area contributed by atoms with Crippen LogP contribution < -0.4 is 10.6 Å². The van der Waals surface area contributed by atoms with Crippen LogP contribution in [0.5, 0.6) is 0 Å². The maximum atomic E-state index is 11.8. The van der Waals surface area contributed by atoms with Crippen LogP contribution in [0.1, 0.15) is 9.78 Å². The normalized spacial score (nSPS) is 12.4. The zero-order valence-corrected chi connectivity index (χ0v) is 11.8. The Balaban J connectivity index is 0. The highest BCUT2D eigenvalue weighted by Gasteiger charge is 2.09. The fourth-order valence-corrected chi connectivity index (χ4v) is 1.67. The highest BCUT2D eigenvalue weighted by atomic mass is 32.1. The van der Waals surface area contributed by atoms with E-state index >= 15 is 0 Å². The predicted octanol–water partition coefficient (Wildman–Crippen LogP) is 4.28. The second-order valence-electron chi connectivity index (χ2n) is 3.97. The summed E-state index contributed by atoms with van der Waals surface area (Å²) < 4.78 is 0. The molecule has 1 atom stereocenters.